The number of carbonyl (C=O) groups excluding carboxylic acids is 5. The van der Waals surface area contributed by atoms with Gasteiger partial charge in [-0.3, -0.25) is 24.4 Å². The number of methoxy groups -OCH3 is 1. The van der Waals surface area contributed by atoms with Crippen LogP contribution in [0.2, 0.25) is 0 Å². The van der Waals surface area contributed by atoms with E-state index in [1.165, 1.54) is 22.8 Å². The number of rotatable bonds is 12. The predicted octanol–water partition coefficient (Wildman–Crippen LogP) is 3.01. The molecule has 1 aromatic carbocycles. The number of anilines is 1. The average Bonchev–Trinajstić information content (AvgIpc) is 3.94. The molecule has 5 amide bonds. The summed E-state index contributed by atoms with van der Waals surface area (Å²) < 4.78 is 45.5. The van der Waals surface area contributed by atoms with Gasteiger partial charge in [0.1, 0.15) is 35.1 Å². The lowest BCUT2D eigenvalue weighted by Crippen LogP contribution is -2.60. The van der Waals surface area contributed by atoms with Crippen molar-refractivity contribution in [2.75, 3.05) is 19.0 Å². The van der Waals surface area contributed by atoms with E-state index in [2.05, 4.69) is 32.4 Å². The quantitative estimate of drug-likeness (QED) is 0.230. The molecule has 1 aromatic heterocycles. The van der Waals surface area contributed by atoms with E-state index in [1.807, 2.05) is 0 Å². The number of aromatic nitrogens is 2. The van der Waals surface area contributed by atoms with Gasteiger partial charge in [-0.1, -0.05) is 26.8 Å². The standard InChI is InChI=1S/C36H49N7O10S/c1-9-21-19-36(21,31(46)41-54(49,50)24-12-13-24)40-29(44)27-18-23(20-42(27)30(45)28(34(2,3)4)39-33(48)53-35(5,6)7)52-32(47)38-25-17-22(51-8)11-14-26(25)43-16-10-15-37-43/h9-11,14-17,21,23-24,27-28H,1,12-13,18-20H2,2-8H3,(H,38,47)(H,39,48)(H,40,44)(H,41,46)/t21?,23-,27+,28-,36?/m1/s1. The molecule has 2 saturated carbocycles. The topological polar surface area (TPSA) is 216 Å². The second-order valence-electron chi connectivity index (χ2n) is 15.9. The van der Waals surface area contributed by atoms with Crippen molar-refractivity contribution in [1.29, 1.82) is 0 Å². The van der Waals surface area contributed by atoms with Gasteiger partial charge in [-0.2, -0.15) is 5.10 Å². The van der Waals surface area contributed by atoms with Crippen LogP contribution in [-0.2, 0) is 33.9 Å². The summed E-state index contributed by atoms with van der Waals surface area (Å²) in [5.41, 5.74) is -2.57. The van der Waals surface area contributed by atoms with E-state index in [0.717, 1.165) is 0 Å². The zero-order valence-corrected chi connectivity index (χ0v) is 32.3. The summed E-state index contributed by atoms with van der Waals surface area (Å²) in [5, 5.41) is 11.6. The number of nitrogens with one attached hydrogen (secondary N) is 4. The van der Waals surface area contributed by atoms with Crippen LogP contribution in [0, 0.1) is 11.3 Å². The molecule has 3 fully saturated rings. The van der Waals surface area contributed by atoms with Crippen LogP contribution in [-0.4, -0.2) is 101 Å². The SMILES string of the molecule is C=CC1CC1(NC(=O)[C@@H]1C[C@@H](OC(=O)Nc2cc(OC)ccc2-n2cccn2)CN1C(=O)[C@@H](NC(=O)OC(C)(C)C)C(C)(C)C)C(=O)NS(=O)(=O)C1CC1. The number of carbonyl (C=O) groups is 5. The summed E-state index contributed by atoms with van der Waals surface area (Å²) in [5.74, 6) is -2.48. The maximum atomic E-state index is 14.4. The molecule has 5 rings (SSSR count). The number of amides is 5. The molecule has 5 atom stereocenters. The fourth-order valence-corrected chi connectivity index (χ4v) is 7.64. The largest absolute Gasteiger partial charge is 0.497 e. The molecule has 0 radical (unpaired) electrons. The summed E-state index contributed by atoms with van der Waals surface area (Å²) in [6.07, 6.45) is 2.68. The molecule has 2 heterocycles. The molecule has 17 nitrogen and oxygen atoms in total. The van der Waals surface area contributed by atoms with Crippen molar-refractivity contribution in [3.8, 4) is 11.4 Å². The van der Waals surface area contributed by atoms with Gasteiger partial charge < -0.3 is 29.7 Å². The van der Waals surface area contributed by atoms with Gasteiger partial charge in [0.05, 0.1) is 30.3 Å². The van der Waals surface area contributed by atoms with Gasteiger partial charge >= 0.3 is 12.2 Å². The first kappa shape index (κ1) is 40.1. The third kappa shape index (κ3) is 9.14. The Labute approximate surface area is 314 Å². The lowest BCUT2D eigenvalue weighted by atomic mass is 9.85. The van der Waals surface area contributed by atoms with Gasteiger partial charge in [-0.25, -0.2) is 22.7 Å². The molecular weight excluding hydrogens is 723 g/mol. The molecule has 18 heteroatoms. The Morgan fingerprint density at radius 3 is 2.33 bits per heavy atom. The number of ether oxygens (including phenoxy) is 3. The summed E-state index contributed by atoms with van der Waals surface area (Å²) in [6.45, 7) is 13.7. The van der Waals surface area contributed by atoms with E-state index in [9.17, 15) is 32.4 Å². The first-order valence-corrected chi connectivity index (χ1v) is 19.2. The van der Waals surface area contributed by atoms with E-state index in [-0.39, 0.29) is 19.4 Å². The third-order valence-corrected chi connectivity index (χ3v) is 11.2. The molecule has 0 spiro atoms. The van der Waals surface area contributed by atoms with Gasteiger partial charge in [-0.15, -0.1) is 6.58 Å². The van der Waals surface area contributed by atoms with E-state index in [0.29, 0.717) is 30.0 Å². The van der Waals surface area contributed by atoms with Gasteiger partial charge in [-0.05, 0) is 63.6 Å². The van der Waals surface area contributed by atoms with Crippen molar-refractivity contribution in [3.05, 3.63) is 49.3 Å². The second kappa shape index (κ2) is 14.9. The number of hydrogen-bond acceptors (Lipinski definition) is 11. The highest BCUT2D eigenvalue weighted by Crippen LogP contribution is 2.45. The minimum absolute atomic E-state index is 0.0845. The molecule has 2 aliphatic carbocycles. The highest BCUT2D eigenvalue weighted by molar-refractivity contribution is 7.91. The predicted molar refractivity (Wildman–Crippen MR) is 196 cm³/mol. The summed E-state index contributed by atoms with van der Waals surface area (Å²) >= 11 is 0. The van der Waals surface area contributed by atoms with E-state index in [1.54, 1.807) is 78.2 Å². The van der Waals surface area contributed by atoms with Crippen molar-refractivity contribution in [1.82, 2.24) is 30.0 Å². The summed E-state index contributed by atoms with van der Waals surface area (Å²) in [6, 6.07) is 4.18. The molecule has 1 aliphatic heterocycles. The maximum absolute atomic E-state index is 14.4. The Morgan fingerprint density at radius 2 is 1.78 bits per heavy atom. The van der Waals surface area contributed by atoms with Crippen molar-refractivity contribution >= 4 is 45.6 Å². The Hall–Kier alpha value is -5.13. The monoisotopic (exact) mass is 771 g/mol. The maximum Gasteiger partial charge on any atom is 0.412 e. The van der Waals surface area contributed by atoms with Crippen LogP contribution < -0.4 is 25.4 Å². The number of benzene rings is 1. The highest BCUT2D eigenvalue weighted by Gasteiger charge is 2.62. The summed E-state index contributed by atoms with van der Waals surface area (Å²) in [4.78, 5) is 69.6. The highest BCUT2D eigenvalue weighted by atomic mass is 32.2. The van der Waals surface area contributed by atoms with Crippen molar-refractivity contribution in [2.24, 2.45) is 11.3 Å². The van der Waals surface area contributed by atoms with Gasteiger partial charge in [0, 0.05) is 30.8 Å². The van der Waals surface area contributed by atoms with Crippen LogP contribution in [0.1, 0.15) is 67.2 Å². The first-order chi connectivity index (χ1) is 25.2. The van der Waals surface area contributed by atoms with E-state index < -0.39 is 85.8 Å². The number of sulfonamides is 1. The molecule has 294 valence electrons. The van der Waals surface area contributed by atoms with Gasteiger partial charge in [0.25, 0.3) is 5.91 Å². The number of nitrogens with zero attached hydrogens (tertiary/aromatic N) is 3. The number of likely N-dealkylation sites (tertiary alicyclic amines) is 1. The molecule has 2 aromatic rings. The second-order valence-corrected chi connectivity index (χ2v) is 17.8. The third-order valence-electron chi connectivity index (χ3n) is 9.34. The minimum atomic E-state index is -3.94. The molecule has 4 N–H and O–H groups in total. The van der Waals surface area contributed by atoms with Crippen molar-refractivity contribution < 1.29 is 46.6 Å². The van der Waals surface area contributed by atoms with Crippen LogP contribution in [0.5, 0.6) is 5.75 Å². The molecule has 0 bridgehead atoms. The molecule has 3 aliphatic rings. The lowest BCUT2D eigenvalue weighted by Gasteiger charge is -2.36. The molecule has 1 saturated heterocycles. The van der Waals surface area contributed by atoms with Crippen LogP contribution in [0.15, 0.2) is 49.3 Å². The number of hydrogen-bond donors (Lipinski definition) is 4. The van der Waals surface area contributed by atoms with E-state index >= 15 is 0 Å². The van der Waals surface area contributed by atoms with Gasteiger partial charge in [0.2, 0.25) is 21.8 Å². The van der Waals surface area contributed by atoms with Crippen molar-refractivity contribution in [3.63, 3.8) is 0 Å². The fraction of sp³-hybridized carbons (Fsp3) is 0.556. The molecule has 2 unspecified atom stereocenters. The number of alkyl carbamates (subject to hydrolysis) is 1. The van der Waals surface area contributed by atoms with Crippen LogP contribution >= 0.6 is 0 Å². The van der Waals surface area contributed by atoms with Crippen LogP contribution in [0.25, 0.3) is 5.69 Å². The Bertz CT molecular complexity index is 1900. The van der Waals surface area contributed by atoms with Crippen LogP contribution in [0.4, 0.5) is 15.3 Å². The Balaban J connectivity index is 1.40. The van der Waals surface area contributed by atoms with Crippen molar-refractivity contribution in [2.45, 2.75) is 102 Å². The molecule has 54 heavy (non-hydrogen) atoms. The Morgan fingerprint density at radius 1 is 1.07 bits per heavy atom. The van der Waals surface area contributed by atoms with Crippen LogP contribution in [0.3, 0.4) is 0 Å². The summed E-state index contributed by atoms with van der Waals surface area (Å²) in [7, 11) is -2.47. The lowest BCUT2D eigenvalue weighted by molar-refractivity contribution is -0.143. The normalized spacial score (nSPS) is 23.0. The first-order valence-electron chi connectivity index (χ1n) is 17.6. The average molecular weight is 772 g/mol. The van der Waals surface area contributed by atoms with E-state index in [4.69, 9.17) is 14.2 Å². The Kier molecular flexibility index (Phi) is 11.1. The minimum Gasteiger partial charge on any atom is -0.497 e. The fourth-order valence-electron chi connectivity index (χ4n) is 6.28. The molecular formula is C36H49N7O10S. The smallest absolute Gasteiger partial charge is 0.412 e. The van der Waals surface area contributed by atoms with Gasteiger partial charge in [0.15, 0.2) is 0 Å². The zero-order chi connectivity index (χ0) is 39.8. The zero-order valence-electron chi connectivity index (χ0n) is 31.5.